The van der Waals surface area contributed by atoms with E-state index in [-0.39, 0.29) is 5.41 Å². The van der Waals surface area contributed by atoms with Gasteiger partial charge in [-0.25, -0.2) is 0 Å². The molecule has 0 saturated heterocycles. The molecule has 0 saturated carbocycles. The number of benzene rings is 10. The van der Waals surface area contributed by atoms with Crippen LogP contribution in [0.5, 0.6) is 0 Å². The molecule has 1 aromatic heterocycles. The second-order valence-corrected chi connectivity index (χ2v) is 17.0. The Labute approximate surface area is 361 Å². The van der Waals surface area contributed by atoms with Crippen LogP contribution in [0.1, 0.15) is 25.0 Å². The maximum atomic E-state index is 4.81. The van der Waals surface area contributed by atoms with Gasteiger partial charge < -0.3 is 0 Å². The predicted octanol–water partition coefficient (Wildman–Crippen LogP) is 15.4. The molecule has 0 aliphatic heterocycles. The third kappa shape index (κ3) is 5.59. The van der Waals surface area contributed by atoms with Crippen molar-refractivity contribution in [2.75, 3.05) is 0 Å². The molecule has 3 heteroatoms. The summed E-state index contributed by atoms with van der Waals surface area (Å²) in [6.45, 7) is 4.75. The van der Waals surface area contributed by atoms with Crippen LogP contribution in [-0.2, 0) is 5.41 Å². The normalized spacial score (nSPS) is 12.8. The van der Waals surface area contributed by atoms with Crippen molar-refractivity contribution in [3.63, 3.8) is 0 Å². The lowest BCUT2D eigenvalue weighted by atomic mass is 9.79. The molecule has 0 N–H and O–H groups in total. The average molecular weight is 792 g/mol. The van der Waals surface area contributed by atoms with E-state index in [9.17, 15) is 0 Å². The van der Waals surface area contributed by atoms with E-state index in [0.29, 0.717) is 0 Å². The van der Waals surface area contributed by atoms with Gasteiger partial charge >= 0.3 is 0 Å². The fraction of sp³-hybridized carbons (Fsp3) is 0.0508. The minimum absolute atomic E-state index is 0.142. The SMILES string of the molecule is CC1(C)c2ccccc2-c2cc3c(-c4ccc(-c5nnc(-c6ccccc6)n5-c5ccccc5)cc4)c4ccccc4c(-c4ccc(-c5cccc6ccccc56)cc4)c3cc21. The van der Waals surface area contributed by atoms with Gasteiger partial charge in [0.2, 0.25) is 0 Å². The quantitative estimate of drug-likeness (QED) is 0.157. The molecule has 292 valence electrons. The van der Waals surface area contributed by atoms with Crippen LogP contribution in [0.25, 0.3) is 105 Å². The first-order valence-electron chi connectivity index (χ1n) is 21.4. The molecule has 0 bridgehead atoms. The van der Waals surface area contributed by atoms with Crippen LogP contribution >= 0.6 is 0 Å². The van der Waals surface area contributed by atoms with Crippen molar-refractivity contribution < 1.29 is 0 Å². The summed E-state index contributed by atoms with van der Waals surface area (Å²) in [7, 11) is 0. The fourth-order valence-corrected chi connectivity index (χ4v) is 10.1. The van der Waals surface area contributed by atoms with E-state index in [0.717, 1.165) is 34.0 Å². The zero-order valence-electron chi connectivity index (χ0n) is 34.5. The molecule has 0 spiro atoms. The Bertz CT molecular complexity index is 3500. The van der Waals surface area contributed by atoms with Gasteiger partial charge in [0.15, 0.2) is 11.6 Å². The zero-order chi connectivity index (χ0) is 41.4. The Morgan fingerprint density at radius 1 is 0.339 bits per heavy atom. The Morgan fingerprint density at radius 3 is 1.50 bits per heavy atom. The van der Waals surface area contributed by atoms with Crippen LogP contribution < -0.4 is 0 Å². The number of hydrogen-bond donors (Lipinski definition) is 0. The summed E-state index contributed by atoms with van der Waals surface area (Å²) < 4.78 is 2.16. The predicted molar refractivity (Wildman–Crippen MR) is 259 cm³/mol. The van der Waals surface area contributed by atoms with Crippen LogP contribution in [0.2, 0.25) is 0 Å². The third-order valence-corrected chi connectivity index (χ3v) is 13.1. The van der Waals surface area contributed by atoms with Gasteiger partial charge in [0.1, 0.15) is 0 Å². The van der Waals surface area contributed by atoms with Crippen LogP contribution in [0.3, 0.4) is 0 Å². The van der Waals surface area contributed by atoms with E-state index < -0.39 is 0 Å². The molecule has 1 aliphatic carbocycles. The smallest absolute Gasteiger partial charge is 0.168 e. The topological polar surface area (TPSA) is 30.7 Å². The largest absolute Gasteiger partial charge is 0.275 e. The van der Waals surface area contributed by atoms with E-state index in [1.54, 1.807) is 0 Å². The summed E-state index contributed by atoms with van der Waals surface area (Å²) in [5.74, 6) is 1.61. The number of fused-ring (bicyclic) bond motifs is 6. The molecule has 0 unspecified atom stereocenters. The van der Waals surface area contributed by atoms with Gasteiger partial charge in [-0.2, -0.15) is 0 Å². The summed E-state index contributed by atoms with van der Waals surface area (Å²) in [6.07, 6.45) is 0. The van der Waals surface area contributed by atoms with Crippen molar-refractivity contribution in [2.45, 2.75) is 19.3 Å². The molecule has 12 rings (SSSR count). The van der Waals surface area contributed by atoms with Gasteiger partial charge in [-0.05, 0) is 112 Å². The van der Waals surface area contributed by atoms with E-state index >= 15 is 0 Å². The molecule has 0 fully saturated rings. The first-order chi connectivity index (χ1) is 30.5. The highest BCUT2D eigenvalue weighted by molar-refractivity contribution is 6.22. The highest BCUT2D eigenvalue weighted by Crippen LogP contribution is 2.53. The highest BCUT2D eigenvalue weighted by Gasteiger charge is 2.36. The Hall–Kier alpha value is -7.88. The lowest BCUT2D eigenvalue weighted by molar-refractivity contribution is 0.661. The molecule has 11 aromatic rings. The van der Waals surface area contributed by atoms with Gasteiger partial charge in [0, 0.05) is 22.2 Å². The van der Waals surface area contributed by atoms with Crippen molar-refractivity contribution in [3.05, 3.63) is 223 Å². The molecular formula is C59H41N3. The van der Waals surface area contributed by atoms with Gasteiger partial charge in [0.25, 0.3) is 0 Å². The summed E-state index contributed by atoms with van der Waals surface area (Å²) in [6, 6.07) is 77.1. The standard InChI is InChI=1S/C59H41N3/c1-59(2)53-27-14-13-23-47(53)50-36-51-52(37-54(50)59)56(40-30-28-39(29-31-40)46-26-15-19-38-16-9-10-22-45(38)46)49-25-12-11-24-48(49)55(51)41-32-34-43(35-33-41)58-61-60-57(42-17-5-3-6-18-42)62(58)44-20-7-4-8-21-44/h3-37H,1-2H3. The Morgan fingerprint density at radius 2 is 0.823 bits per heavy atom. The molecule has 0 radical (unpaired) electrons. The Balaban J connectivity index is 1.07. The monoisotopic (exact) mass is 791 g/mol. The van der Waals surface area contributed by atoms with Crippen LogP contribution in [0.15, 0.2) is 212 Å². The molecular weight excluding hydrogens is 751 g/mol. The molecule has 1 heterocycles. The third-order valence-electron chi connectivity index (χ3n) is 13.1. The number of rotatable bonds is 6. The molecule has 62 heavy (non-hydrogen) atoms. The van der Waals surface area contributed by atoms with Gasteiger partial charge in [0.05, 0.1) is 0 Å². The summed E-state index contributed by atoms with van der Waals surface area (Å²) >= 11 is 0. The zero-order valence-corrected chi connectivity index (χ0v) is 34.5. The van der Waals surface area contributed by atoms with E-state index in [4.69, 9.17) is 10.2 Å². The van der Waals surface area contributed by atoms with Crippen LogP contribution in [0, 0.1) is 0 Å². The maximum Gasteiger partial charge on any atom is 0.168 e. The lowest BCUT2D eigenvalue weighted by Crippen LogP contribution is -2.14. The lowest BCUT2D eigenvalue weighted by Gasteiger charge is -2.24. The number of hydrogen-bond acceptors (Lipinski definition) is 2. The molecule has 0 atom stereocenters. The number of aromatic nitrogens is 3. The number of para-hydroxylation sites is 1. The Kier molecular flexibility index (Phi) is 8.20. The van der Waals surface area contributed by atoms with Crippen LogP contribution in [0.4, 0.5) is 0 Å². The van der Waals surface area contributed by atoms with Gasteiger partial charge in [-0.1, -0.05) is 202 Å². The number of nitrogens with zero attached hydrogens (tertiary/aromatic N) is 3. The van der Waals surface area contributed by atoms with Crippen molar-refractivity contribution in [2.24, 2.45) is 0 Å². The van der Waals surface area contributed by atoms with Crippen LogP contribution in [-0.4, -0.2) is 14.8 Å². The van der Waals surface area contributed by atoms with Crippen molar-refractivity contribution in [3.8, 4) is 73.0 Å². The first-order valence-corrected chi connectivity index (χ1v) is 21.4. The molecule has 10 aromatic carbocycles. The highest BCUT2D eigenvalue weighted by atomic mass is 15.3. The summed E-state index contributed by atoms with van der Waals surface area (Å²) in [4.78, 5) is 0. The van der Waals surface area contributed by atoms with Gasteiger partial charge in [-0.15, -0.1) is 10.2 Å². The fourth-order valence-electron chi connectivity index (χ4n) is 10.1. The summed E-state index contributed by atoms with van der Waals surface area (Å²) in [5, 5.41) is 17.1. The molecule has 1 aliphatic rings. The second-order valence-electron chi connectivity index (χ2n) is 17.0. The minimum Gasteiger partial charge on any atom is -0.275 e. The molecule has 0 amide bonds. The first kappa shape index (κ1) is 36.0. The summed E-state index contributed by atoms with van der Waals surface area (Å²) in [5.41, 5.74) is 15.6. The van der Waals surface area contributed by atoms with E-state index in [1.807, 2.05) is 24.3 Å². The van der Waals surface area contributed by atoms with Crippen molar-refractivity contribution in [1.82, 2.24) is 14.8 Å². The van der Waals surface area contributed by atoms with E-state index in [1.165, 1.54) is 82.4 Å². The van der Waals surface area contributed by atoms with Crippen molar-refractivity contribution in [1.29, 1.82) is 0 Å². The van der Waals surface area contributed by atoms with Gasteiger partial charge in [-0.3, -0.25) is 4.57 Å². The average Bonchev–Trinajstić information content (AvgIpc) is 3.87. The van der Waals surface area contributed by atoms with Crippen molar-refractivity contribution >= 4 is 32.3 Å². The minimum atomic E-state index is -0.142. The maximum absolute atomic E-state index is 4.81. The second kappa shape index (κ2) is 14.1. The molecule has 3 nitrogen and oxygen atoms in total. The van der Waals surface area contributed by atoms with E-state index in [2.05, 4.69) is 206 Å².